The number of hydrogen-bond acceptors (Lipinski definition) is 3. The van der Waals surface area contributed by atoms with Crippen LogP contribution in [0.4, 0.5) is 0 Å². The monoisotopic (exact) mass is 470 g/mol. The van der Waals surface area contributed by atoms with Gasteiger partial charge in [-0.1, -0.05) is 53.2 Å². The van der Waals surface area contributed by atoms with E-state index in [2.05, 4.69) is 47.6 Å². The lowest BCUT2D eigenvalue weighted by Crippen LogP contribution is -2.66. The molecular formula is C30H46O4. The highest BCUT2D eigenvalue weighted by molar-refractivity contribution is 5.74. The number of carboxylic acid groups (broad SMARTS) is 1. The molecule has 190 valence electrons. The predicted octanol–water partition coefficient (Wildman–Crippen LogP) is 6.22. The second kappa shape index (κ2) is 6.52. The molecule has 0 aromatic carbocycles. The number of rotatable bonds is 1. The zero-order chi connectivity index (χ0) is 24.7. The minimum atomic E-state index is -0.615. The SMILES string of the molecule is CC1(C)C2CC[C@]3(C)C(CC=C4C5C[C@@](C)(C(=O)O)CC[C@]5(C)CC[C@]43C)[C@@]2(C)[C@@H]2O[C@@H]2[C@H]1O. The van der Waals surface area contributed by atoms with Crippen molar-refractivity contribution in [3.63, 3.8) is 0 Å². The summed E-state index contributed by atoms with van der Waals surface area (Å²) in [5.74, 6) is 0.761. The molecule has 1 aliphatic heterocycles. The highest BCUT2D eigenvalue weighted by atomic mass is 16.6. The zero-order valence-corrected chi connectivity index (χ0v) is 22.4. The molecule has 3 unspecified atom stereocenters. The lowest BCUT2D eigenvalue weighted by molar-refractivity contribution is -0.193. The van der Waals surface area contributed by atoms with Crippen LogP contribution >= 0.6 is 0 Å². The molecule has 4 saturated carbocycles. The van der Waals surface area contributed by atoms with Crippen molar-refractivity contribution in [2.75, 3.05) is 0 Å². The van der Waals surface area contributed by atoms with E-state index in [0.717, 1.165) is 32.1 Å². The van der Waals surface area contributed by atoms with Crippen LogP contribution in [0.15, 0.2) is 11.6 Å². The van der Waals surface area contributed by atoms with Crippen molar-refractivity contribution in [3.05, 3.63) is 11.6 Å². The van der Waals surface area contributed by atoms with Gasteiger partial charge < -0.3 is 14.9 Å². The van der Waals surface area contributed by atoms with Gasteiger partial charge in [0.05, 0.1) is 17.6 Å². The molecule has 5 fully saturated rings. The Morgan fingerprint density at radius 3 is 2.32 bits per heavy atom. The molecule has 6 aliphatic rings. The number of carboxylic acids is 1. The lowest BCUT2D eigenvalue weighted by Gasteiger charge is -2.70. The average molecular weight is 471 g/mol. The molecule has 11 atom stereocenters. The van der Waals surface area contributed by atoms with Crippen LogP contribution in [0.3, 0.4) is 0 Å². The van der Waals surface area contributed by atoms with Gasteiger partial charge in [-0.05, 0) is 97.7 Å². The molecule has 4 heteroatoms. The van der Waals surface area contributed by atoms with Crippen LogP contribution in [0, 0.1) is 50.2 Å². The molecule has 0 spiro atoms. The quantitative estimate of drug-likeness (QED) is 0.352. The first-order chi connectivity index (χ1) is 15.7. The second-order valence-electron chi connectivity index (χ2n) is 15.2. The van der Waals surface area contributed by atoms with Gasteiger partial charge in [0.1, 0.15) is 6.10 Å². The van der Waals surface area contributed by atoms with Crippen LogP contribution < -0.4 is 0 Å². The van der Waals surface area contributed by atoms with Gasteiger partial charge in [0, 0.05) is 5.41 Å². The highest BCUT2D eigenvalue weighted by Crippen LogP contribution is 2.77. The van der Waals surface area contributed by atoms with Crippen LogP contribution in [0.2, 0.25) is 0 Å². The van der Waals surface area contributed by atoms with Crippen LogP contribution in [-0.2, 0) is 9.53 Å². The van der Waals surface area contributed by atoms with Crippen molar-refractivity contribution in [1.29, 1.82) is 0 Å². The van der Waals surface area contributed by atoms with Crippen LogP contribution in [-0.4, -0.2) is 34.5 Å². The lowest BCUT2D eigenvalue weighted by atomic mass is 9.33. The van der Waals surface area contributed by atoms with Crippen molar-refractivity contribution in [2.24, 2.45) is 50.2 Å². The van der Waals surface area contributed by atoms with E-state index in [1.165, 1.54) is 19.3 Å². The van der Waals surface area contributed by atoms with Gasteiger partial charge in [-0.15, -0.1) is 0 Å². The van der Waals surface area contributed by atoms with Crippen LogP contribution in [0.25, 0.3) is 0 Å². The molecule has 2 N–H and O–H groups in total. The number of aliphatic hydroxyl groups excluding tert-OH is 1. The average Bonchev–Trinajstić information content (AvgIpc) is 3.56. The normalized spacial score (nSPS) is 59.4. The molecule has 1 heterocycles. The Morgan fingerprint density at radius 1 is 0.971 bits per heavy atom. The Hall–Kier alpha value is -0.870. The number of hydrogen-bond donors (Lipinski definition) is 2. The van der Waals surface area contributed by atoms with Gasteiger partial charge in [0.2, 0.25) is 0 Å². The highest BCUT2D eigenvalue weighted by Gasteiger charge is 2.75. The third-order valence-electron chi connectivity index (χ3n) is 13.6. The van der Waals surface area contributed by atoms with Crippen molar-refractivity contribution in [1.82, 2.24) is 0 Å². The van der Waals surface area contributed by atoms with Crippen molar-refractivity contribution in [3.8, 4) is 0 Å². The molecule has 34 heavy (non-hydrogen) atoms. The van der Waals surface area contributed by atoms with Gasteiger partial charge in [-0.25, -0.2) is 0 Å². The fourth-order valence-corrected chi connectivity index (χ4v) is 10.9. The van der Waals surface area contributed by atoms with E-state index in [1.807, 2.05) is 6.92 Å². The Morgan fingerprint density at radius 2 is 1.65 bits per heavy atom. The molecule has 0 aromatic heterocycles. The van der Waals surface area contributed by atoms with Gasteiger partial charge >= 0.3 is 5.97 Å². The molecule has 0 aromatic rings. The minimum Gasteiger partial charge on any atom is -0.481 e. The fraction of sp³-hybridized carbons (Fsp3) is 0.900. The first-order valence-corrected chi connectivity index (χ1v) is 13.9. The number of carbonyl (C=O) groups is 1. The van der Waals surface area contributed by atoms with Gasteiger partial charge in [0.15, 0.2) is 0 Å². The Balaban J connectivity index is 1.43. The number of aliphatic carboxylic acids is 1. The standard InChI is InChI=1S/C30H46O4/c1-25(2)19-10-11-29(6)20(30(19,7)23-21(34-23)22(25)31)9-8-17-18-16-27(4,24(32)33)13-12-26(18,3)14-15-28(17,29)5/h8,18-23,31H,9-16H2,1-7H3,(H,32,33)/t18?,19?,20?,21-,22-,23-,26-,27+,28-,29-,30+/m1/s1. The summed E-state index contributed by atoms with van der Waals surface area (Å²) in [6.45, 7) is 16.6. The summed E-state index contributed by atoms with van der Waals surface area (Å²) in [6.07, 6.45) is 10.9. The van der Waals surface area contributed by atoms with E-state index >= 15 is 0 Å². The maximum atomic E-state index is 12.3. The largest absolute Gasteiger partial charge is 0.481 e. The summed E-state index contributed by atoms with van der Waals surface area (Å²) in [7, 11) is 0. The molecule has 6 rings (SSSR count). The number of fused-ring (bicyclic) bond motifs is 9. The molecule has 4 nitrogen and oxygen atoms in total. The third-order valence-corrected chi connectivity index (χ3v) is 13.6. The summed E-state index contributed by atoms with van der Waals surface area (Å²) in [5.41, 5.74) is 1.45. The summed E-state index contributed by atoms with van der Waals surface area (Å²) < 4.78 is 6.28. The third kappa shape index (κ3) is 2.51. The topological polar surface area (TPSA) is 70.1 Å². The van der Waals surface area contributed by atoms with Gasteiger partial charge in [-0.3, -0.25) is 4.79 Å². The van der Waals surface area contributed by atoms with E-state index < -0.39 is 11.4 Å². The molecule has 1 saturated heterocycles. The van der Waals surface area contributed by atoms with Crippen LogP contribution in [0.1, 0.15) is 99.8 Å². The van der Waals surface area contributed by atoms with E-state index in [-0.39, 0.29) is 45.4 Å². The number of ether oxygens (including phenoxy) is 1. The fourth-order valence-electron chi connectivity index (χ4n) is 10.9. The number of epoxide rings is 1. The van der Waals surface area contributed by atoms with Crippen molar-refractivity contribution >= 4 is 5.97 Å². The van der Waals surface area contributed by atoms with Gasteiger partial charge in [0.25, 0.3) is 0 Å². The molecule has 0 amide bonds. The summed E-state index contributed by atoms with van der Waals surface area (Å²) >= 11 is 0. The maximum Gasteiger partial charge on any atom is 0.309 e. The minimum absolute atomic E-state index is 0.000971. The predicted molar refractivity (Wildman–Crippen MR) is 132 cm³/mol. The Kier molecular flexibility index (Phi) is 4.51. The zero-order valence-electron chi connectivity index (χ0n) is 22.4. The maximum absolute atomic E-state index is 12.3. The smallest absolute Gasteiger partial charge is 0.309 e. The molecule has 0 radical (unpaired) electrons. The van der Waals surface area contributed by atoms with Crippen molar-refractivity contribution in [2.45, 2.75) is 118 Å². The van der Waals surface area contributed by atoms with E-state index in [1.54, 1.807) is 5.57 Å². The first kappa shape index (κ1) is 23.5. The number of allylic oxidation sites excluding steroid dienone is 2. The summed E-state index contributed by atoms with van der Waals surface area (Å²) in [6, 6.07) is 0. The summed E-state index contributed by atoms with van der Waals surface area (Å²) in [4.78, 5) is 12.3. The molecular weight excluding hydrogens is 424 g/mol. The molecule has 0 bridgehead atoms. The van der Waals surface area contributed by atoms with Crippen LogP contribution in [0.5, 0.6) is 0 Å². The van der Waals surface area contributed by atoms with E-state index in [9.17, 15) is 15.0 Å². The van der Waals surface area contributed by atoms with E-state index in [4.69, 9.17) is 4.74 Å². The number of aliphatic hydroxyl groups is 1. The first-order valence-electron chi connectivity index (χ1n) is 13.9. The molecule has 5 aliphatic carbocycles. The van der Waals surface area contributed by atoms with Crippen molar-refractivity contribution < 1.29 is 19.7 Å². The summed E-state index contributed by atoms with van der Waals surface area (Å²) in [5, 5.41) is 21.1. The Labute approximate surface area is 205 Å². The second-order valence-corrected chi connectivity index (χ2v) is 15.2. The van der Waals surface area contributed by atoms with E-state index in [0.29, 0.717) is 17.8 Å². The van der Waals surface area contributed by atoms with Gasteiger partial charge in [-0.2, -0.15) is 0 Å². The Bertz CT molecular complexity index is 969.